The highest BCUT2D eigenvalue weighted by Gasteiger charge is 2.34. The fourth-order valence-corrected chi connectivity index (χ4v) is 1.73. The van der Waals surface area contributed by atoms with E-state index in [1.54, 1.807) is 0 Å². The van der Waals surface area contributed by atoms with Crippen LogP contribution in [0.2, 0.25) is 0 Å². The average Bonchev–Trinajstić information content (AvgIpc) is 2.80. The van der Waals surface area contributed by atoms with Gasteiger partial charge < -0.3 is 11.1 Å². The molecule has 0 aliphatic heterocycles. The fraction of sp³-hybridized carbons (Fsp3) is 0.917. The number of nitrogens with two attached hydrogens (primary N) is 1. The molecule has 3 heteroatoms. The van der Waals surface area contributed by atoms with Crippen molar-refractivity contribution in [1.29, 1.82) is 0 Å². The lowest BCUT2D eigenvalue weighted by Crippen LogP contribution is -2.31. The van der Waals surface area contributed by atoms with Crippen LogP contribution in [0.5, 0.6) is 0 Å². The van der Waals surface area contributed by atoms with Gasteiger partial charge in [0.25, 0.3) is 0 Å². The summed E-state index contributed by atoms with van der Waals surface area (Å²) in [5.74, 6) is 1.04. The topological polar surface area (TPSA) is 55.1 Å². The maximum Gasteiger partial charge on any atom is 0.223 e. The van der Waals surface area contributed by atoms with Gasteiger partial charge in [-0.05, 0) is 32.1 Å². The lowest BCUT2D eigenvalue weighted by atomic mass is 10.0. The summed E-state index contributed by atoms with van der Waals surface area (Å²) in [6.07, 6.45) is 4.16. The van der Waals surface area contributed by atoms with E-state index >= 15 is 0 Å². The Morgan fingerprint density at radius 1 is 1.47 bits per heavy atom. The molecule has 1 aliphatic rings. The van der Waals surface area contributed by atoms with Crippen LogP contribution in [-0.2, 0) is 4.79 Å². The maximum absolute atomic E-state index is 11.7. The first-order valence-corrected chi connectivity index (χ1v) is 6.06. The molecule has 0 aromatic heterocycles. The molecule has 1 aliphatic carbocycles. The van der Waals surface area contributed by atoms with Crippen LogP contribution in [0, 0.1) is 11.8 Å². The number of carbonyl (C=O) groups is 1. The number of carbonyl (C=O) groups excluding carboxylic acids is 1. The number of rotatable bonds is 6. The van der Waals surface area contributed by atoms with E-state index in [0.29, 0.717) is 12.0 Å². The standard InChI is InChI=1S/C12H24N2O/c1-8(5-4-6-10(3)13)12(15)14-11-7-9(11)2/h8-11H,4-7,13H2,1-3H3,(H,14,15). The van der Waals surface area contributed by atoms with E-state index < -0.39 is 0 Å². The third kappa shape index (κ3) is 4.65. The van der Waals surface area contributed by atoms with E-state index in [9.17, 15) is 4.79 Å². The van der Waals surface area contributed by atoms with Gasteiger partial charge in [0.2, 0.25) is 5.91 Å². The second kappa shape index (κ2) is 5.50. The molecule has 88 valence electrons. The van der Waals surface area contributed by atoms with Crippen LogP contribution in [0.25, 0.3) is 0 Å². The lowest BCUT2D eigenvalue weighted by molar-refractivity contribution is -0.124. The van der Waals surface area contributed by atoms with Gasteiger partial charge in [0.15, 0.2) is 0 Å². The van der Waals surface area contributed by atoms with Crippen LogP contribution in [0.1, 0.15) is 46.5 Å². The van der Waals surface area contributed by atoms with Crippen molar-refractivity contribution in [1.82, 2.24) is 5.32 Å². The molecular weight excluding hydrogens is 188 g/mol. The molecule has 3 nitrogen and oxygen atoms in total. The minimum Gasteiger partial charge on any atom is -0.353 e. The maximum atomic E-state index is 11.7. The van der Waals surface area contributed by atoms with Gasteiger partial charge in [-0.3, -0.25) is 4.79 Å². The molecule has 0 aromatic rings. The van der Waals surface area contributed by atoms with Gasteiger partial charge in [0, 0.05) is 18.0 Å². The van der Waals surface area contributed by atoms with Crippen LogP contribution in [0.3, 0.4) is 0 Å². The first-order chi connectivity index (χ1) is 7.00. The zero-order valence-corrected chi connectivity index (χ0v) is 10.1. The van der Waals surface area contributed by atoms with E-state index in [1.165, 1.54) is 0 Å². The van der Waals surface area contributed by atoms with Crippen LogP contribution >= 0.6 is 0 Å². The Balaban J connectivity index is 2.10. The van der Waals surface area contributed by atoms with Gasteiger partial charge in [-0.25, -0.2) is 0 Å². The number of hydrogen-bond donors (Lipinski definition) is 2. The Bertz CT molecular complexity index is 216. The van der Waals surface area contributed by atoms with E-state index in [-0.39, 0.29) is 17.9 Å². The molecule has 0 heterocycles. The van der Waals surface area contributed by atoms with Gasteiger partial charge in [-0.1, -0.05) is 20.3 Å². The normalized spacial score (nSPS) is 28.3. The van der Waals surface area contributed by atoms with Gasteiger partial charge in [0.1, 0.15) is 0 Å². The van der Waals surface area contributed by atoms with Crippen molar-refractivity contribution in [2.24, 2.45) is 17.6 Å². The van der Waals surface area contributed by atoms with E-state index in [4.69, 9.17) is 5.73 Å². The second-order valence-corrected chi connectivity index (χ2v) is 5.14. The second-order valence-electron chi connectivity index (χ2n) is 5.14. The summed E-state index contributed by atoms with van der Waals surface area (Å²) in [4.78, 5) is 11.7. The molecule has 0 radical (unpaired) electrons. The van der Waals surface area contributed by atoms with Crippen molar-refractivity contribution in [2.45, 2.75) is 58.5 Å². The van der Waals surface area contributed by atoms with E-state index in [1.807, 2.05) is 13.8 Å². The van der Waals surface area contributed by atoms with Crippen LogP contribution in [0.15, 0.2) is 0 Å². The molecule has 4 unspecified atom stereocenters. The van der Waals surface area contributed by atoms with Crippen molar-refractivity contribution in [3.63, 3.8) is 0 Å². The highest BCUT2D eigenvalue weighted by Crippen LogP contribution is 2.29. The molecule has 0 saturated heterocycles. The number of amides is 1. The summed E-state index contributed by atoms with van der Waals surface area (Å²) in [5.41, 5.74) is 5.66. The molecule has 0 bridgehead atoms. The third-order valence-electron chi connectivity index (χ3n) is 3.18. The number of nitrogens with one attached hydrogen (secondary N) is 1. The molecule has 3 N–H and O–H groups in total. The SMILES string of the molecule is CC(N)CCCC(C)C(=O)NC1CC1C. The number of hydrogen-bond acceptors (Lipinski definition) is 2. The molecule has 1 rings (SSSR count). The fourth-order valence-electron chi connectivity index (χ4n) is 1.73. The van der Waals surface area contributed by atoms with Gasteiger partial charge in [-0.2, -0.15) is 0 Å². The molecule has 4 atom stereocenters. The van der Waals surface area contributed by atoms with Crippen LogP contribution in [-0.4, -0.2) is 18.0 Å². The van der Waals surface area contributed by atoms with E-state index in [0.717, 1.165) is 25.7 Å². The Morgan fingerprint density at radius 3 is 2.53 bits per heavy atom. The monoisotopic (exact) mass is 212 g/mol. The Hall–Kier alpha value is -0.570. The van der Waals surface area contributed by atoms with Crippen molar-refractivity contribution >= 4 is 5.91 Å². The van der Waals surface area contributed by atoms with Crippen molar-refractivity contribution in [3.05, 3.63) is 0 Å². The summed E-state index contributed by atoms with van der Waals surface area (Å²) in [6, 6.07) is 0.706. The molecule has 1 amide bonds. The zero-order valence-electron chi connectivity index (χ0n) is 10.1. The van der Waals surface area contributed by atoms with Crippen LogP contribution in [0.4, 0.5) is 0 Å². The largest absolute Gasteiger partial charge is 0.353 e. The highest BCUT2D eigenvalue weighted by molar-refractivity contribution is 5.78. The predicted octanol–water partition coefficient (Wildman–Crippen LogP) is 1.66. The minimum absolute atomic E-state index is 0.136. The van der Waals surface area contributed by atoms with Gasteiger partial charge >= 0.3 is 0 Å². The Labute approximate surface area is 92.8 Å². The first kappa shape index (κ1) is 12.5. The van der Waals surface area contributed by atoms with Gasteiger partial charge in [0.05, 0.1) is 0 Å². The molecule has 0 aromatic carbocycles. The Morgan fingerprint density at radius 2 is 2.07 bits per heavy atom. The molecule has 15 heavy (non-hydrogen) atoms. The van der Waals surface area contributed by atoms with Crippen molar-refractivity contribution < 1.29 is 4.79 Å². The zero-order chi connectivity index (χ0) is 11.4. The summed E-state index contributed by atoms with van der Waals surface area (Å²) in [6.45, 7) is 6.19. The highest BCUT2D eigenvalue weighted by atomic mass is 16.1. The molecular formula is C12H24N2O. The quantitative estimate of drug-likeness (QED) is 0.703. The minimum atomic E-state index is 0.136. The van der Waals surface area contributed by atoms with E-state index in [2.05, 4.69) is 12.2 Å². The summed E-state index contributed by atoms with van der Waals surface area (Å²) in [7, 11) is 0. The van der Waals surface area contributed by atoms with Crippen LogP contribution < -0.4 is 11.1 Å². The summed E-state index contributed by atoms with van der Waals surface area (Å²) in [5, 5.41) is 3.07. The molecule has 0 spiro atoms. The first-order valence-electron chi connectivity index (χ1n) is 6.06. The predicted molar refractivity (Wildman–Crippen MR) is 62.4 cm³/mol. The lowest BCUT2D eigenvalue weighted by Gasteiger charge is -2.12. The molecule has 1 fully saturated rings. The summed E-state index contributed by atoms with van der Waals surface area (Å²) >= 11 is 0. The Kier molecular flexibility index (Phi) is 4.58. The smallest absolute Gasteiger partial charge is 0.223 e. The van der Waals surface area contributed by atoms with Crippen molar-refractivity contribution in [3.8, 4) is 0 Å². The van der Waals surface area contributed by atoms with Gasteiger partial charge in [-0.15, -0.1) is 0 Å². The molecule has 1 saturated carbocycles. The third-order valence-corrected chi connectivity index (χ3v) is 3.18. The average molecular weight is 212 g/mol. The summed E-state index contributed by atoms with van der Waals surface area (Å²) < 4.78 is 0. The van der Waals surface area contributed by atoms with Crippen molar-refractivity contribution in [2.75, 3.05) is 0 Å².